The molecule has 1 fully saturated rings. The Hall–Kier alpha value is -3.61. The van der Waals surface area contributed by atoms with Gasteiger partial charge in [-0.05, 0) is 73.7 Å². The number of piperidine rings is 1. The summed E-state index contributed by atoms with van der Waals surface area (Å²) >= 11 is 0. The van der Waals surface area contributed by atoms with E-state index in [1.807, 2.05) is 42.0 Å². The van der Waals surface area contributed by atoms with Crippen LogP contribution in [-0.2, 0) is 10.4 Å². The van der Waals surface area contributed by atoms with Crippen LogP contribution in [0.3, 0.4) is 0 Å². The molecule has 3 heterocycles. The third-order valence-electron chi connectivity index (χ3n) is 6.46. The zero-order valence-electron chi connectivity index (χ0n) is 19.1. The molecule has 2 aromatic carbocycles. The van der Waals surface area contributed by atoms with Crippen molar-refractivity contribution in [3.8, 4) is 11.4 Å². The van der Waals surface area contributed by atoms with E-state index in [2.05, 4.69) is 34.1 Å². The highest BCUT2D eigenvalue weighted by atomic mass is 19.1. The van der Waals surface area contributed by atoms with Crippen LogP contribution >= 0.6 is 0 Å². The number of hydrogen-bond donors (Lipinski definition) is 0. The number of oxime groups is 1. The number of amidine groups is 1. The molecule has 1 atom stereocenters. The van der Waals surface area contributed by atoms with Crippen molar-refractivity contribution < 1.29 is 14.0 Å². The van der Waals surface area contributed by atoms with Crippen molar-refractivity contribution in [2.75, 3.05) is 20.3 Å². The van der Waals surface area contributed by atoms with E-state index in [1.165, 1.54) is 12.1 Å². The van der Waals surface area contributed by atoms with Gasteiger partial charge in [0, 0.05) is 12.7 Å². The molecule has 0 spiro atoms. The summed E-state index contributed by atoms with van der Waals surface area (Å²) in [4.78, 5) is 12.3. The van der Waals surface area contributed by atoms with Crippen molar-refractivity contribution in [1.82, 2.24) is 14.5 Å². The van der Waals surface area contributed by atoms with Gasteiger partial charge in [-0.3, -0.25) is 0 Å². The molecule has 7 heteroatoms. The predicted molar refractivity (Wildman–Crippen MR) is 126 cm³/mol. The smallest absolute Gasteiger partial charge is 0.172 e. The second-order valence-electron chi connectivity index (χ2n) is 8.75. The summed E-state index contributed by atoms with van der Waals surface area (Å²) in [6, 6.07) is 12.8. The number of methoxy groups -OCH3 is 1. The van der Waals surface area contributed by atoms with Crippen molar-refractivity contribution in [2.24, 2.45) is 5.16 Å². The molecule has 33 heavy (non-hydrogen) atoms. The molecule has 1 aromatic heterocycles. The first kappa shape index (κ1) is 21.2. The molecule has 0 N–H and O–H groups in total. The fraction of sp³-hybridized carbons (Fsp3) is 0.308. The lowest BCUT2D eigenvalue weighted by Crippen LogP contribution is -2.55. The predicted octanol–water partition coefficient (Wildman–Crippen LogP) is 5.07. The minimum Gasteiger partial charge on any atom is -0.495 e. The van der Waals surface area contributed by atoms with Crippen molar-refractivity contribution in [2.45, 2.75) is 32.2 Å². The van der Waals surface area contributed by atoms with Gasteiger partial charge in [-0.1, -0.05) is 23.4 Å². The van der Waals surface area contributed by atoms with E-state index in [1.54, 1.807) is 13.4 Å². The Bertz CT molecular complexity index is 1230. The number of benzene rings is 2. The van der Waals surface area contributed by atoms with Crippen LogP contribution < -0.4 is 4.74 Å². The number of imidazole rings is 1. The molecule has 0 aliphatic carbocycles. The van der Waals surface area contributed by atoms with E-state index in [-0.39, 0.29) is 5.82 Å². The minimum absolute atomic E-state index is 0.240. The van der Waals surface area contributed by atoms with E-state index in [0.29, 0.717) is 6.61 Å². The van der Waals surface area contributed by atoms with Gasteiger partial charge in [-0.25, -0.2) is 9.37 Å². The molecule has 170 valence electrons. The van der Waals surface area contributed by atoms with E-state index in [0.717, 1.165) is 59.1 Å². The topological polar surface area (TPSA) is 51.9 Å². The van der Waals surface area contributed by atoms with Crippen molar-refractivity contribution in [3.05, 3.63) is 83.2 Å². The third kappa shape index (κ3) is 3.88. The third-order valence-corrected chi connectivity index (χ3v) is 6.46. The van der Waals surface area contributed by atoms with Gasteiger partial charge in [0.15, 0.2) is 5.84 Å². The molecular formula is C26H27FN4O2. The minimum atomic E-state index is -0.412. The monoisotopic (exact) mass is 446 g/mol. The van der Waals surface area contributed by atoms with Crippen molar-refractivity contribution in [1.29, 1.82) is 0 Å². The van der Waals surface area contributed by atoms with Gasteiger partial charge in [-0.2, -0.15) is 0 Å². The number of aromatic nitrogens is 2. The quantitative estimate of drug-likeness (QED) is 0.562. The van der Waals surface area contributed by atoms with Crippen LogP contribution in [0.15, 0.2) is 65.7 Å². The molecule has 0 unspecified atom stereocenters. The van der Waals surface area contributed by atoms with E-state index in [4.69, 9.17) is 9.57 Å². The summed E-state index contributed by atoms with van der Waals surface area (Å²) in [7, 11) is 1.68. The Balaban J connectivity index is 1.48. The van der Waals surface area contributed by atoms with Crippen LogP contribution in [0.5, 0.6) is 5.75 Å². The lowest BCUT2D eigenvalue weighted by atomic mass is 9.86. The fourth-order valence-electron chi connectivity index (χ4n) is 4.64. The Labute approximate surface area is 192 Å². The van der Waals surface area contributed by atoms with Gasteiger partial charge >= 0.3 is 0 Å². The zero-order chi connectivity index (χ0) is 23.0. The van der Waals surface area contributed by atoms with Crippen LogP contribution in [0.4, 0.5) is 4.39 Å². The molecule has 3 aromatic rings. The van der Waals surface area contributed by atoms with Crippen LogP contribution in [0, 0.1) is 12.7 Å². The molecule has 6 nitrogen and oxygen atoms in total. The molecule has 5 rings (SSSR count). The average Bonchev–Trinajstić information content (AvgIpc) is 3.26. The van der Waals surface area contributed by atoms with E-state index >= 15 is 0 Å². The van der Waals surface area contributed by atoms with Crippen LogP contribution in [0.25, 0.3) is 11.8 Å². The van der Waals surface area contributed by atoms with Gasteiger partial charge in [0.1, 0.15) is 23.7 Å². The van der Waals surface area contributed by atoms with Crippen LogP contribution in [-0.4, -0.2) is 40.5 Å². The van der Waals surface area contributed by atoms with Gasteiger partial charge in [0.05, 0.1) is 24.8 Å². The maximum Gasteiger partial charge on any atom is 0.172 e. The highest BCUT2D eigenvalue weighted by molar-refractivity contribution is 6.03. The summed E-state index contributed by atoms with van der Waals surface area (Å²) in [6.45, 7) is 5.38. The number of fused-ring (bicyclic) bond motifs is 1. The lowest BCUT2D eigenvalue weighted by molar-refractivity contribution is 0.00241. The fourth-order valence-corrected chi connectivity index (χ4v) is 4.64. The Morgan fingerprint density at radius 2 is 2.00 bits per heavy atom. The molecule has 0 radical (unpaired) electrons. The average molecular weight is 447 g/mol. The number of hydrogen-bond acceptors (Lipinski definition) is 5. The molecule has 1 saturated heterocycles. The van der Waals surface area contributed by atoms with Gasteiger partial charge in [0.25, 0.3) is 0 Å². The Morgan fingerprint density at radius 3 is 2.73 bits per heavy atom. The standard InChI is InChI=1S/C26H27FN4O2/c1-18-15-30(17-28-18)23-11-6-19(14-24(23)32-3)13-20-5-4-12-31-25(20)29-33-16-26(31,2)21-7-9-22(27)10-8-21/h6-11,13-15,17H,4-5,12,16H2,1-3H3/t26-/m1/s1. The van der Waals surface area contributed by atoms with E-state index < -0.39 is 5.54 Å². The number of nitrogens with zero attached hydrogens (tertiary/aromatic N) is 4. The first-order valence-corrected chi connectivity index (χ1v) is 11.1. The zero-order valence-corrected chi connectivity index (χ0v) is 19.1. The number of ether oxygens (including phenoxy) is 1. The summed E-state index contributed by atoms with van der Waals surface area (Å²) in [5.41, 5.74) is 4.63. The SMILES string of the molecule is COc1cc(C=C2CCCN3C2=NOC[C@]3(C)c2ccc(F)cc2)ccc1-n1cnc(C)c1. The number of aryl methyl sites for hydroxylation is 1. The maximum absolute atomic E-state index is 13.5. The first-order chi connectivity index (χ1) is 16.0. The van der Waals surface area contributed by atoms with Crippen LogP contribution in [0.1, 0.15) is 36.6 Å². The normalized spacial score (nSPS) is 21.4. The number of halogens is 1. The molecule has 2 aliphatic rings. The largest absolute Gasteiger partial charge is 0.495 e. The second-order valence-corrected chi connectivity index (χ2v) is 8.75. The maximum atomic E-state index is 13.5. The van der Waals surface area contributed by atoms with Crippen molar-refractivity contribution in [3.63, 3.8) is 0 Å². The van der Waals surface area contributed by atoms with Gasteiger partial charge in [-0.15, -0.1) is 0 Å². The molecule has 0 amide bonds. The van der Waals surface area contributed by atoms with Crippen LogP contribution in [0.2, 0.25) is 0 Å². The molecule has 0 bridgehead atoms. The van der Waals surface area contributed by atoms with Gasteiger partial charge in [0.2, 0.25) is 0 Å². The molecule has 2 aliphatic heterocycles. The summed E-state index contributed by atoms with van der Waals surface area (Å²) in [5.74, 6) is 1.37. The second kappa shape index (κ2) is 8.39. The Morgan fingerprint density at radius 1 is 1.18 bits per heavy atom. The highest BCUT2D eigenvalue weighted by Gasteiger charge is 2.42. The van der Waals surface area contributed by atoms with Gasteiger partial charge < -0.3 is 19.0 Å². The highest BCUT2D eigenvalue weighted by Crippen LogP contribution is 2.37. The first-order valence-electron chi connectivity index (χ1n) is 11.1. The van der Waals surface area contributed by atoms with E-state index in [9.17, 15) is 4.39 Å². The summed E-state index contributed by atoms with van der Waals surface area (Å²) < 4.78 is 21.2. The summed E-state index contributed by atoms with van der Waals surface area (Å²) in [6.07, 6.45) is 7.82. The summed E-state index contributed by atoms with van der Waals surface area (Å²) in [5, 5.41) is 4.43. The number of rotatable bonds is 4. The Kier molecular flexibility index (Phi) is 5.40. The lowest BCUT2D eigenvalue weighted by Gasteiger charge is -2.47. The van der Waals surface area contributed by atoms with Crippen molar-refractivity contribution >= 4 is 11.9 Å². The molecular weight excluding hydrogens is 419 g/mol. The molecule has 0 saturated carbocycles.